The molecule has 1 unspecified atom stereocenters. The van der Waals surface area contributed by atoms with Crippen molar-refractivity contribution in [1.82, 2.24) is 9.78 Å². The molecular formula is C21H15F3N4O2. The quantitative estimate of drug-likeness (QED) is 0.665. The van der Waals surface area contributed by atoms with Crippen LogP contribution in [0.5, 0.6) is 0 Å². The number of nitrogens with zero attached hydrogens (tertiary/aromatic N) is 3. The summed E-state index contributed by atoms with van der Waals surface area (Å²) in [6.07, 6.45) is -3.02. The maximum absolute atomic E-state index is 13.3. The van der Waals surface area contributed by atoms with E-state index in [4.69, 9.17) is 0 Å². The lowest BCUT2D eigenvalue weighted by Crippen LogP contribution is -2.45. The summed E-state index contributed by atoms with van der Waals surface area (Å²) in [6, 6.07) is 11.7. The average molecular weight is 412 g/mol. The molecule has 152 valence electrons. The van der Waals surface area contributed by atoms with Crippen LogP contribution in [-0.4, -0.2) is 28.6 Å². The summed E-state index contributed by atoms with van der Waals surface area (Å²) < 4.78 is 40.0. The van der Waals surface area contributed by atoms with Gasteiger partial charge in [-0.3, -0.25) is 9.59 Å². The van der Waals surface area contributed by atoms with E-state index in [1.54, 1.807) is 13.1 Å². The molecule has 0 fully saturated rings. The smallest absolute Gasteiger partial charge is 0.314 e. The average Bonchev–Trinajstić information content (AvgIpc) is 3.23. The summed E-state index contributed by atoms with van der Waals surface area (Å²) in [5, 5.41) is 7.03. The molecular weight excluding hydrogens is 397 g/mol. The molecule has 2 aromatic carbocycles. The van der Waals surface area contributed by atoms with E-state index >= 15 is 0 Å². The minimum absolute atomic E-state index is 0.0705. The molecule has 0 saturated carbocycles. The number of halogens is 3. The highest BCUT2D eigenvalue weighted by Crippen LogP contribution is 2.51. The molecule has 30 heavy (non-hydrogen) atoms. The third-order valence-electron chi connectivity index (χ3n) is 5.75. The number of fused-ring (bicyclic) bond motifs is 4. The second-order valence-corrected chi connectivity index (χ2v) is 7.37. The van der Waals surface area contributed by atoms with Gasteiger partial charge >= 0.3 is 6.18 Å². The molecule has 0 radical (unpaired) electrons. The Morgan fingerprint density at radius 1 is 1.03 bits per heavy atom. The van der Waals surface area contributed by atoms with Crippen molar-refractivity contribution < 1.29 is 22.8 Å². The molecule has 1 N–H and O–H groups in total. The lowest BCUT2D eigenvalue weighted by atomic mass is 9.72. The van der Waals surface area contributed by atoms with Crippen molar-refractivity contribution in [2.45, 2.75) is 18.0 Å². The van der Waals surface area contributed by atoms with Gasteiger partial charge in [0.15, 0.2) is 0 Å². The van der Waals surface area contributed by atoms with E-state index in [0.29, 0.717) is 22.5 Å². The van der Waals surface area contributed by atoms with Crippen molar-refractivity contribution in [3.63, 3.8) is 0 Å². The number of hydrogen-bond acceptors (Lipinski definition) is 3. The molecule has 0 aliphatic carbocycles. The van der Waals surface area contributed by atoms with Gasteiger partial charge in [0, 0.05) is 24.7 Å². The first-order valence-corrected chi connectivity index (χ1v) is 9.17. The fourth-order valence-corrected chi connectivity index (χ4v) is 4.35. The number of alkyl halides is 3. The van der Waals surface area contributed by atoms with Crippen LogP contribution in [0.1, 0.15) is 23.1 Å². The topological polar surface area (TPSA) is 67.2 Å². The lowest BCUT2D eigenvalue weighted by Gasteiger charge is -2.32. The van der Waals surface area contributed by atoms with Gasteiger partial charge in [0.1, 0.15) is 11.2 Å². The van der Waals surface area contributed by atoms with Crippen LogP contribution in [0.3, 0.4) is 0 Å². The van der Waals surface area contributed by atoms with Crippen LogP contribution < -0.4 is 10.2 Å². The second kappa shape index (κ2) is 5.94. The van der Waals surface area contributed by atoms with Gasteiger partial charge in [-0.2, -0.15) is 18.3 Å². The van der Waals surface area contributed by atoms with Gasteiger partial charge < -0.3 is 10.2 Å². The number of nitrogens with one attached hydrogen (secondary N) is 1. The van der Waals surface area contributed by atoms with E-state index in [9.17, 15) is 22.8 Å². The van der Waals surface area contributed by atoms with Crippen molar-refractivity contribution in [1.29, 1.82) is 0 Å². The number of amides is 2. The van der Waals surface area contributed by atoms with Crippen LogP contribution in [0.4, 0.5) is 24.7 Å². The predicted octanol–water partition coefficient (Wildman–Crippen LogP) is 3.50. The molecule has 5 rings (SSSR count). The van der Waals surface area contributed by atoms with Gasteiger partial charge in [0.25, 0.3) is 0 Å². The van der Waals surface area contributed by atoms with E-state index < -0.39 is 17.2 Å². The number of benzene rings is 2. The van der Waals surface area contributed by atoms with Crippen molar-refractivity contribution in [3.05, 3.63) is 71.4 Å². The van der Waals surface area contributed by atoms with E-state index in [0.717, 1.165) is 12.1 Å². The number of aromatic nitrogens is 2. The molecule has 0 bridgehead atoms. The monoisotopic (exact) mass is 412 g/mol. The minimum Gasteiger partial charge on any atom is -0.314 e. The van der Waals surface area contributed by atoms with Gasteiger partial charge in [0.05, 0.1) is 17.4 Å². The van der Waals surface area contributed by atoms with Gasteiger partial charge in [-0.05, 0) is 35.9 Å². The Hall–Kier alpha value is -3.62. The van der Waals surface area contributed by atoms with Crippen LogP contribution >= 0.6 is 0 Å². The normalized spacial score (nSPS) is 20.3. The largest absolute Gasteiger partial charge is 0.416 e. The predicted molar refractivity (Wildman–Crippen MR) is 102 cm³/mol. The molecule has 6 nitrogen and oxygen atoms in total. The molecule has 1 aromatic heterocycles. The molecule has 1 atom stereocenters. The molecule has 2 aliphatic heterocycles. The maximum Gasteiger partial charge on any atom is 0.416 e. The minimum atomic E-state index is -4.45. The fraction of sp³-hybridized carbons (Fsp3) is 0.190. The van der Waals surface area contributed by atoms with E-state index in [2.05, 4.69) is 10.4 Å². The number of hydrogen-bond donors (Lipinski definition) is 1. The zero-order valence-corrected chi connectivity index (χ0v) is 15.7. The number of likely N-dealkylation sites (N-methyl/N-ethyl adjacent to an activating group) is 1. The summed E-state index contributed by atoms with van der Waals surface area (Å²) in [5.41, 5.74) is 0.283. The number of anilines is 2. The van der Waals surface area contributed by atoms with Gasteiger partial charge in [-0.15, -0.1) is 0 Å². The summed E-state index contributed by atoms with van der Waals surface area (Å²) in [4.78, 5) is 27.5. The third kappa shape index (κ3) is 2.35. The highest BCUT2D eigenvalue weighted by Gasteiger charge is 2.56. The zero-order chi connectivity index (χ0) is 21.3. The van der Waals surface area contributed by atoms with Crippen molar-refractivity contribution in [2.75, 3.05) is 17.3 Å². The van der Waals surface area contributed by atoms with E-state index in [1.807, 2.05) is 18.2 Å². The van der Waals surface area contributed by atoms with E-state index in [1.165, 1.54) is 27.9 Å². The highest BCUT2D eigenvalue weighted by molar-refractivity contribution is 6.15. The molecule has 3 heterocycles. The number of para-hydroxylation sites is 1. The highest BCUT2D eigenvalue weighted by atomic mass is 19.4. The SMILES string of the molecule is CN1C(=O)C2(CC(=O)Nc3c2cnn3-c2ccc(C(F)(F)F)cc2)c2ccccc21. The van der Waals surface area contributed by atoms with Crippen LogP contribution in [0.2, 0.25) is 0 Å². The molecule has 0 saturated heterocycles. The van der Waals surface area contributed by atoms with Gasteiger partial charge in [-0.25, -0.2) is 4.68 Å². The molecule has 3 aromatic rings. The summed E-state index contributed by atoms with van der Waals surface area (Å²) in [6.45, 7) is 0. The number of carbonyl (C=O) groups is 2. The fourth-order valence-electron chi connectivity index (χ4n) is 4.35. The first-order valence-electron chi connectivity index (χ1n) is 9.17. The first-order chi connectivity index (χ1) is 14.2. The second-order valence-electron chi connectivity index (χ2n) is 7.37. The van der Waals surface area contributed by atoms with Gasteiger partial charge in [-0.1, -0.05) is 18.2 Å². The summed E-state index contributed by atoms with van der Waals surface area (Å²) in [7, 11) is 1.66. The van der Waals surface area contributed by atoms with Crippen molar-refractivity contribution in [3.8, 4) is 5.69 Å². The third-order valence-corrected chi connectivity index (χ3v) is 5.75. The lowest BCUT2D eigenvalue weighted by molar-refractivity contribution is -0.137. The maximum atomic E-state index is 13.3. The Morgan fingerprint density at radius 2 is 1.73 bits per heavy atom. The van der Waals surface area contributed by atoms with Crippen LogP contribution in [-0.2, 0) is 21.2 Å². The Labute approximate surface area is 168 Å². The number of carbonyl (C=O) groups excluding carboxylic acids is 2. The van der Waals surface area contributed by atoms with Crippen LogP contribution in [0.25, 0.3) is 5.69 Å². The summed E-state index contributed by atoms with van der Waals surface area (Å²) >= 11 is 0. The molecule has 2 aliphatic rings. The summed E-state index contributed by atoms with van der Waals surface area (Å²) in [5.74, 6) is -0.328. The van der Waals surface area contributed by atoms with Crippen molar-refractivity contribution in [2.24, 2.45) is 0 Å². The molecule has 9 heteroatoms. The zero-order valence-electron chi connectivity index (χ0n) is 15.7. The van der Waals surface area contributed by atoms with Crippen molar-refractivity contribution >= 4 is 23.3 Å². The standard InChI is InChI=1S/C21H15F3N4O2/c1-27-16-5-3-2-4-14(16)20(19(27)30)10-17(29)26-18-15(20)11-25-28(18)13-8-6-12(7-9-13)21(22,23)24/h2-9,11H,10H2,1H3,(H,26,29). The van der Waals surface area contributed by atoms with Crippen LogP contribution in [0, 0.1) is 0 Å². The Bertz CT molecular complexity index is 1200. The first kappa shape index (κ1) is 18.4. The van der Waals surface area contributed by atoms with Crippen LogP contribution in [0.15, 0.2) is 54.7 Å². The number of rotatable bonds is 1. The van der Waals surface area contributed by atoms with E-state index in [-0.39, 0.29) is 24.1 Å². The Kier molecular flexibility index (Phi) is 3.65. The Morgan fingerprint density at radius 3 is 2.43 bits per heavy atom. The van der Waals surface area contributed by atoms with Gasteiger partial charge in [0.2, 0.25) is 11.8 Å². The molecule has 2 amide bonds. The molecule has 1 spiro atoms. The Balaban J connectivity index is 1.68.